The molecule has 1 aliphatic heterocycles. The number of nitrogens with zero attached hydrogens (tertiary/aromatic N) is 4. The highest BCUT2D eigenvalue weighted by molar-refractivity contribution is 7.80. The van der Waals surface area contributed by atoms with Crippen molar-refractivity contribution in [3.63, 3.8) is 0 Å². The normalized spacial score (nSPS) is 19.3. The fourth-order valence-corrected chi connectivity index (χ4v) is 4.04. The van der Waals surface area contributed by atoms with Crippen molar-refractivity contribution in [2.45, 2.75) is 19.0 Å². The van der Waals surface area contributed by atoms with E-state index >= 15 is 0 Å². The van der Waals surface area contributed by atoms with Gasteiger partial charge in [0.05, 0.1) is 36.3 Å². The topological polar surface area (TPSA) is 66.2 Å². The van der Waals surface area contributed by atoms with Crippen molar-refractivity contribution in [2.75, 3.05) is 13.2 Å². The highest BCUT2D eigenvalue weighted by Gasteiger charge is 2.41. The predicted molar refractivity (Wildman–Crippen MR) is 108 cm³/mol. The zero-order valence-electron chi connectivity index (χ0n) is 15.0. The summed E-state index contributed by atoms with van der Waals surface area (Å²) in [6.45, 7) is 2.56. The third-order valence-electron chi connectivity index (χ3n) is 4.85. The van der Waals surface area contributed by atoms with Crippen LogP contribution in [0.25, 0.3) is 5.69 Å². The summed E-state index contributed by atoms with van der Waals surface area (Å²) in [5.41, 5.74) is 4.11. The van der Waals surface area contributed by atoms with E-state index in [1.54, 1.807) is 12.4 Å². The Morgan fingerprint density at radius 2 is 2.04 bits per heavy atom. The smallest absolute Gasteiger partial charge is 0.170 e. The van der Waals surface area contributed by atoms with Crippen molar-refractivity contribution in [1.82, 2.24) is 24.8 Å². The molecule has 3 aromatic rings. The summed E-state index contributed by atoms with van der Waals surface area (Å²) in [6.07, 6.45) is 5.41. The molecule has 2 N–H and O–H groups in total. The third-order valence-corrected chi connectivity index (χ3v) is 5.20. The van der Waals surface area contributed by atoms with Gasteiger partial charge in [-0.2, -0.15) is 0 Å². The Hall–Kier alpha value is -2.77. The molecule has 7 heteroatoms. The monoisotopic (exact) mass is 379 g/mol. The van der Waals surface area contributed by atoms with E-state index in [9.17, 15) is 5.11 Å². The second-order valence-corrected chi connectivity index (χ2v) is 6.88. The van der Waals surface area contributed by atoms with Crippen LogP contribution in [-0.2, 0) is 0 Å². The number of aromatic nitrogens is 3. The van der Waals surface area contributed by atoms with E-state index < -0.39 is 0 Å². The van der Waals surface area contributed by atoms with Crippen molar-refractivity contribution in [1.29, 1.82) is 0 Å². The van der Waals surface area contributed by atoms with Crippen LogP contribution in [0.15, 0.2) is 61.1 Å². The Labute approximate surface area is 163 Å². The Kier molecular flexibility index (Phi) is 4.87. The van der Waals surface area contributed by atoms with Gasteiger partial charge in [-0.15, -0.1) is 0 Å². The molecule has 138 valence electrons. The molecular weight excluding hydrogens is 358 g/mol. The van der Waals surface area contributed by atoms with Crippen LogP contribution < -0.4 is 5.32 Å². The summed E-state index contributed by atoms with van der Waals surface area (Å²) in [7, 11) is 0. The third kappa shape index (κ3) is 3.20. The maximum absolute atomic E-state index is 9.60. The van der Waals surface area contributed by atoms with Crippen molar-refractivity contribution in [3.05, 3.63) is 78.1 Å². The standard InChI is InChI=1S/C20H21N5OS/c1-14-7-8-17(25(14)15-5-4-9-21-13-15)19-18(16-6-2-3-10-22-16)23-20(27)24(19)11-12-26/h2-10,13,18-19,26H,11-12H2,1H3,(H,23,27). The Bertz CT molecular complexity index is 928. The number of hydrogen-bond acceptors (Lipinski definition) is 4. The minimum Gasteiger partial charge on any atom is -0.395 e. The van der Waals surface area contributed by atoms with Gasteiger partial charge in [0, 0.05) is 30.3 Å². The number of thiocarbonyl (C=S) groups is 1. The lowest BCUT2D eigenvalue weighted by atomic mass is 10.0. The second kappa shape index (κ2) is 7.46. The van der Waals surface area contributed by atoms with E-state index in [1.165, 1.54) is 0 Å². The largest absolute Gasteiger partial charge is 0.395 e. The van der Waals surface area contributed by atoms with Crippen molar-refractivity contribution in [3.8, 4) is 5.69 Å². The molecular formula is C20H21N5OS. The average Bonchev–Trinajstić information content (AvgIpc) is 3.23. The first kappa shape index (κ1) is 17.6. The highest BCUT2D eigenvalue weighted by Crippen LogP contribution is 2.39. The van der Waals surface area contributed by atoms with Crippen LogP contribution in [0.5, 0.6) is 0 Å². The van der Waals surface area contributed by atoms with Crippen LogP contribution >= 0.6 is 12.2 Å². The van der Waals surface area contributed by atoms with Crippen LogP contribution in [0.1, 0.15) is 29.2 Å². The second-order valence-electron chi connectivity index (χ2n) is 6.49. The average molecular weight is 379 g/mol. The number of aliphatic hydroxyl groups is 1. The van der Waals surface area contributed by atoms with Gasteiger partial charge < -0.3 is 19.9 Å². The molecule has 4 heterocycles. The first-order chi connectivity index (χ1) is 13.2. The molecule has 1 aliphatic rings. The summed E-state index contributed by atoms with van der Waals surface area (Å²) < 4.78 is 2.19. The fourth-order valence-electron chi connectivity index (χ4n) is 3.70. The molecule has 0 aromatic carbocycles. The number of hydrogen-bond donors (Lipinski definition) is 2. The minimum absolute atomic E-state index is 0.0276. The zero-order valence-corrected chi connectivity index (χ0v) is 15.8. The van der Waals surface area contributed by atoms with Gasteiger partial charge in [-0.05, 0) is 55.5 Å². The maximum Gasteiger partial charge on any atom is 0.170 e. The van der Waals surface area contributed by atoms with Crippen LogP contribution in [0.2, 0.25) is 0 Å². The molecule has 0 aliphatic carbocycles. The Morgan fingerprint density at radius 1 is 1.15 bits per heavy atom. The molecule has 3 aromatic heterocycles. The number of β-amino-alcohol motifs (C(OH)–C–C–N with tert-alkyl or cyclic N) is 1. The van der Waals surface area contributed by atoms with E-state index in [0.717, 1.165) is 22.8 Å². The first-order valence-electron chi connectivity index (χ1n) is 8.88. The molecule has 4 rings (SSSR count). The number of pyridine rings is 2. The van der Waals surface area contributed by atoms with Gasteiger partial charge in [-0.25, -0.2) is 0 Å². The molecule has 0 bridgehead atoms. The van der Waals surface area contributed by atoms with E-state index in [1.807, 2.05) is 41.4 Å². The molecule has 1 fully saturated rings. The van der Waals surface area contributed by atoms with Gasteiger partial charge in [-0.1, -0.05) is 6.07 Å². The van der Waals surface area contributed by atoms with Gasteiger partial charge in [0.1, 0.15) is 0 Å². The van der Waals surface area contributed by atoms with Crippen molar-refractivity contribution in [2.24, 2.45) is 0 Å². The molecule has 0 amide bonds. The van der Waals surface area contributed by atoms with Gasteiger partial charge in [0.2, 0.25) is 0 Å². The highest BCUT2D eigenvalue weighted by atomic mass is 32.1. The molecule has 0 radical (unpaired) electrons. The van der Waals surface area contributed by atoms with Gasteiger partial charge in [0.25, 0.3) is 0 Å². The summed E-state index contributed by atoms with van der Waals surface area (Å²) in [5.74, 6) is 0. The maximum atomic E-state index is 9.60. The van der Waals surface area contributed by atoms with Gasteiger partial charge >= 0.3 is 0 Å². The van der Waals surface area contributed by atoms with Crippen LogP contribution in [0, 0.1) is 6.92 Å². The first-order valence-corrected chi connectivity index (χ1v) is 9.29. The molecule has 2 unspecified atom stereocenters. The Balaban J connectivity index is 1.85. The van der Waals surface area contributed by atoms with Crippen LogP contribution in [-0.4, -0.2) is 42.8 Å². The SMILES string of the molecule is Cc1ccc(C2C(c3ccccn3)NC(=S)N2CCO)n1-c1cccnc1. The fraction of sp³-hybridized carbons (Fsp3) is 0.250. The zero-order chi connectivity index (χ0) is 18.8. The molecule has 27 heavy (non-hydrogen) atoms. The van der Waals surface area contributed by atoms with E-state index in [4.69, 9.17) is 12.2 Å². The number of aliphatic hydroxyl groups excluding tert-OH is 1. The molecule has 0 saturated carbocycles. The summed E-state index contributed by atoms with van der Waals surface area (Å²) in [5, 5.41) is 13.6. The van der Waals surface area contributed by atoms with Gasteiger partial charge in [0.15, 0.2) is 5.11 Å². The van der Waals surface area contributed by atoms with E-state index in [0.29, 0.717) is 11.7 Å². The predicted octanol–water partition coefficient (Wildman–Crippen LogP) is 2.54. The van der Waals surface area contributed by atoms with Crippen molar-refractivity contribution >= 4 is 17.3 Å². The minimum atomic E-state index is -0.102. The van der Waals surface area contributed by atoms with Crippen LogP contribution in [0.3, 0.4) is 0 Å². The van der Waals surface area contributed by atoms with Crippen molar-refractivity contribution < 1.29 is 5.11 Å². The molecule has 6 nitrogen and oxygen atoms in total. The lowest BCUT2D eigenvalue weighted by Gasteiger charge is -2.28. The molecule has 0 spiro atoms. The number of aryl methyl sites for hydroxylation is 1. The Morgan fingerprint density at radius 3 is 2.74 bits per heavy atom. The van der Waals surface area contributed by atoms with E-state index in [2.05, 4.69) is 38.9 Å². The summed E-state index contributed by atoms with van der Waals surface area (Å²) in [4.78, 5) is 10.8. The summed E-state index contributed by atoms with van der Waals surface area (Å²) in [6, 6.07) is 13.9. The lowest BCUT2D eigenvalue weighted by molar-refractivity contribution is 0.220. The lowest BCUT2D eigenvalue weighted by Crippen LogP contribution is -2.33. The quantitative estimate of drug-likeness (QED) is 0.664. The molecule has 2 atom stereocenters. The summed E-state index contributed by atoms with van der Waals surface area (Å²) >= 11 is 5.58. The number of rotatable bonds is 5. The van der Waals surface area contributed by atoms with E-state index in [-0.39, 0.29) is 18.7 Å². The van der Waals surface area contributed by atoms with Gasteiger partial charge in [-0.3, -0.25) is 9.97 Å². The number of nitrogens with one attached hydrogen (secondary N) is 1. The van der Waals surface area contributed by atoms with Crippen LogP contribution in [0.4, 0.5) is 0 Å². The molecule has 1 saturated heterocycles.